The number of halogens is 2. The van der Waals surface area contributed by atoms with Gasteiger partial charge in [0.25, 0.3) is 0 Å². The van der Waals surface area contributed by atoms with Gasteiger partial charge in [-0.15, -0.1) is 0 Å². The third-order valence-electron chi connectivity index (χ3n) is 4.22. The number of hydrogen-bond acceptors (Lipinski definition) is 2. The maximum Gasteiger partial charge on any atom is 0.356 e. The number of nitrogens with zero attached hydrogens (tertiary/aromatic N) is 2. The minimum absolute atomic E-state index is 0.470. The van der Waals surface area contributed by atoms with Gasteiger partial charge in [0.2, 0.25) is 0 Å². The van der Waals surface area contributed by atoms with E-state index in [1.807, 2.05) is 12.1 Å². The smallest absolute Gasteiger partial charge is 0.356 e. The maximum absolute atomic E-state index is 6.41. The van der Waals surface area contributed by atoms with Crippen molar-refractivity contribution in [2.75, 3.05) is 12.3 Å². The molecular weight excluding hydrogens is 357 g/mol. The summed E-state index contributed by atoms with van der Waals surface area (Å²) in [6, 6.07) is 13.5. The molecule has 0 saturated carbocycles. The molecule has 25 heavy (non-hydrogen) atoms. The molecule has 1 heterocycles. The lowest BCUT2D eigenvalue weighted by atomic mass is 10.3. The molecule has 4 nitrogen and oxygen atoms in total. The summed E-state index contributed by atoms with van der Waals surface area (Å²) in [6.45, 7) is 4.21. The Morgan fingerprint density at radius 1 is 1.16 bits per heavy atom. The Hall–Kier alpha value is -1.91. The van der Waals surface area contributed by atoms with Crippen molar-refractivity contribution in [3.8, 4) is 5.75 Å². The molecule has 3 rings (SSSR count). The van der Waals surface area contributed by atoms with Crippen LogP contribution in [-0.2, 0) is 13.1 Å². The van der Waals surface area contributed by atoms with Crippen LogP contribution in [0.2, 0.25) is 10.0 Å². The number of hydrogen-bond donors (Lipinski definition) is 1. The molecule has 0 saturated heterocycles. The van der Waals surface area contributed by atoms with E-state index >= 15 is 0 Å². The third-order valence-corrected chi connectivity index (χ3v) is 4.75. The number of nitrogens with two attached hydrogens (primary N) is 1. The van der Waals surface area contributed by atoms with Gasteiger partial charge in [0.1, 0.15) is 29.9 Å². The van der Waals surface area contributed by atoms with E-state index in [1.165, 1.54) is 0 Å². The third kappa shape index (κ3) is 3.86. The molecule has 0 aliphatic rings. The van der Waals surface area contributed by atoms with E-state index in [0.717, 1.165) is 36.4 Å². The van der Waals surface area contributed by atoms with Crippen molar-refractivity contribution >= 4 is 40.2 Å². The number of unbranched alkanes of at least 4 members (excludes halogenated alkanes) is 1. The van der Waals surface area contributed by atoms with Crippen molar-refractivity contribution in [2.45, 2.75) is 32.9 Å². The average molecular weight is 379 g/mol. The fraction of sp³-hybridized carbons (Fsp3) is 0.316. The highest BCUT2D eigenvalue weighted by Crippen LogP contribution is 2.27. The summed E-state index contributed by atoms with van der Waals surface area (Å²) in [4.78, 5) is 0. The first-order valence-electron chi connectivity index (χ1n) is 8.46. The molecule has 0 radical (unpaired) electrons. The van der Waals surface area contributed by atoms with Crippen LogP contribution < -0.4 is 15.0 Å². The zero-order valence-corrected chi connectivity index (χ0v) is 15.7. The molecule has 3 aromatic rings. The number of aromatic nitrogens is 2. The molecule has 6 heteroatoms. The lowest BCUT2D eigenvalue weighted by Gasteiger charge is -2.08. The van der Waals surface area contributed by atoms with E-state index in [4.69, 9.17) is 33.7 Å². The summed E-state index contributed by atoms with van der Waals surface area (Å²) in [5, 5.41) is 1.10. The van der Waals surface area contributed by atoms with Crippen LogP contribution in [0.4, 0.5) is 5.95 Å². The van der Waals surface area contributed by atoms with E-state index in [2.05, 4.69) is 28.2 Å². The largest absolute Gasteiger partial charge is 0.489 e. The van der Waals surface area contributed by atoms with Gasteiger partial charge in [-0.1, -0.05) is 48.7 Å². The molecule has 1 aromatic heterocycles. The number of nitrogen functional groups attached to an aromatic ring is 1. The summed E-state index contributed by atoms with van der Waals surface area (Å²) in [5.41, 5.74) is 8.68. The number of anilines is 1. The van der Waals surface area contributed by atoms with Crippen LogP contribution in [0.1, 0.15) is 19.8 Å². The highest BCUT2D eigenvalue weighted by molar-refractivity contribution is 6.35. The Bertz CT molecular complexity index is 876. The summed E-state index contributed by atoms with van der Waals surface area (Å²) in [5.74, 6) is 1.38. The van der Waals surface area contributed by atoms with Gasteiger partial charge in [-0.3, -0.25) is 5.73 Å². The number of imidazole rings is 1. The molecule has 0 amide bonds. The summed E-state index contributed by atoms with van der Waals surface area (Å²) < 4.78 is 10.1. The van der Waals surface area contributed by atoms with Crippen molar-refractivity contribution < 1.29 is 9.30 Å². The second-order valence-corrected chi connectivity index (χ2v) is 6.77. The Morgan fingerprint density at radius 2 is 1.96 bits per heavy atom. The molecule has 0 bridgehead atoms. The topological polar surface area (TPSA) is 44.1 Å². The van der Waals surface area contributed by atoms with Crippen LogP contribution in [-0.4, -0.2) is 11.2 Å². The fourth-order valence-electron chi connectivity index (χ4n) is 2.94. The SMILES string of the molecule is CCCC[n+]1c(N)n(CCOc2ccc(Cl)cc2Cl)c2ccccc21. The minimum atomic E-state index is 0.470. The Kier molecular flexibility index (Phi) is 5.71. The standard InChI is InChI=1S/C19H21Cl2N3O/c1-2-3-10-23-16-6-4-5-7-17(16)24(19(23)22)11-12-25-18-9-8-14(20)13-15(18)21/h4-9,13,22H,2-3,10-12H2,1H3/p+1. The second kappa shape index (κ2) is 7.98. The van der Waals surface area contributed by atoms with E-state index in [-0.39, 0.29) is 0 Å². The van der Waals surface area contributed by atoms with Crippen molar-refractivity contribution in [1.29, 1.82) is 0 Å². The maximum atomic E-state index is 6.41. The molecule has 0 spiro atoms. The van der Waals surface area contributed by atoms with Gasteiger partial charge < -0.3 is 4.74 Å². The van der Waals surface area contributed by atoms with E-state index < -0.39 is 0 Å². The zero-order valence-electron chi connectivity index (χ0n) is 14.2. The summed E-state index contributed by atoms with van der Waals surface area (Å²) >= 11 is 12.1. The highest BCUT2D eigenvalue weighted by atomic mass is 35.5. The van der Waals surface area contributed by atoms with Gasteiger partial charge in [0.15, 0.2) is 0 Å². The first kappa shape index (κ1) is 17.9. The fourth-order valence-corrected chi connectivity index (χ4v) is 3.40. The van der Waals surface area contributed by atoms with Gasteiger partial charge in [-0.2, -0.15) is 0 Å². The second-order valence-electron chi connectivity index (χ2n) is 5.93. The van der Waals surface area contributed by atoms with E-state index in [0.29, 0.717) is 28.9 Å². The highest BCUT2D eigenvalue weighted by Gasteiger charge is 2.20. The van der Waals surface area contributed by atoms with Gasteiger partial charge in [0.05, 0.1) is 11.6 Å². The van der Waals surface area contributed by atoms with Crippen molar-refractivity contribution in [3.63, 3.8) is 0 Å². The molecule has 0 fully saturated rings. The Morgan fingerprint density at radius 3 is 2.72 bits per heavy atom. The van der Waals surface area contributed by atoms with Crippen LogP contribution in [0.5, 0.6) is 5.75 Å². The zero-order chi connectivity index (χ0) is 17.8. The van der Waals surface area contributed by atoms with E-state index in [9.17, 15) is 0 Å². The number of aryl methyl sites for hydroxylation is 1. The lowest BCUT2D eigenvalue weighted by Crippen LogP contribution is -2.36. The van der Waals surface area contributed by atoms with Crippen molar-refractivity contribution in [1.82, 2.24) is 4.57 Å². The molecular formula is C19H22Cl2N3O+. The first-order chi connectivity index (χ1) is 12.1. The number of para-hydroxylation sites is 2. The summed E-state index contributed by atoms with van der Waals surface area (Å²) in [6.07, 6.45) is 2.23. The molecule has 132 valence electrons. The minimum Gasteiger partial charge on any atom is -0.489 e. The molecule has 0 aliphatic heterocycles. The van der Waals surface area contributed by atoms with Crippen LogP contribution in [0.15, 0.2) is 42.5 Å². The van der Waals surface area contributed by atoms with Gasteiger partial charge in [-0.25, -0.2) is 9.13 Å². The van der Waals surface area contributed by atoms with Crippen molar-refractivity contribution in [2.24, 2.45) is 0 Å². The Balaban J connectivity index is 1.80. The van der Waals surface area contributed by atoms with Gasteiger partial charge in [-0.05, 0) is 36.8 Å². The van der Waals surface area contributed by atoms with Gasteiger partial charge in [0, 0.05) is 5.02 Å². The predicted octanol–water partition coefficient (Wildman–Crippen LogP) is 4.70. The van der Waals surface area contributed by atoms with E-state index in [1.54, 1.807) is 18.2 Å². The molecule has 0 aliphatic carbocycles. The Labute approximate surface area is 157 Å². The quantitative estimate of drug-likeness (QED) is 0.605. The normalized spacial score (nSPS) is 11.2. The first-order valence-corrected chi connectivity index (χ1v) is 9.21. The monoisotopic (exact) mass is 378 g/mol. The van der Waals surface area contributed by atoms with Crippen LogP contribution in [0.3, 0.4) is 0 Å². The average Bonchev–Trinajstić information content (AvgIpc) is 2.87. The molecule has 0 unspecified atom stereocenters. The van der Waals surface area contributed by atoms with Crippen LogP contribution in [0.25, 0.3) is 11.0 Å². The van der Waals surface area contributed by atoms with Crippen LogP contribution >= 0.6 is 23.2 Å². The number of rotatable bonds is 7. The van der Waals surface area contributed by atoms with Crippen molar-refractivity contribution in [3.05, 3.63) is 52.5 Å². The molecule has 2 aromatic carbocycles. The van der Waals surface area contributed by atoms with Gasteiger partial charge >= 0.3 is 5.95 Å². The number of benzene rings is 2. The summed E-state index contributed by atoms with van der Waals surface area (Å²) in [7, 11) is 0. The van der Waals surface area contributed by atoms with Crippen LogP contribution in [0, 0.1) is 0 Å². The molecule has 0 atom stereocenters. The predicted molar refractivity (Wildman–Crippen MR) is 103 cm³/mol. The number of ether oxygens (including phenoxy) is 1. The lowest BCUT2D eigenvalue weighted by molar-refractivity contribution is -0.657. The molecule has 2 N–H and O–H groups in total. The number of fused-ring (bicyclic) bond motifs is 1.